The van der Waals surface area contributed by atoms with E-state index < -0.39 is 11.8 Å². The minimum Gasteiger partial charge on any atom is -0.493 e. The maximum absolute atomic E-state index is 13.8. The Morgan fingerprint density at radius 3 is 2.20 bits per heavy atom. The number of hydrogen-bond donors (Lipinski definition) is 2. The van der Waals surface area contributed by atoms with Crippen LogP contribution >= 0.6 is 0 Å². The second-order valence-corrected chi connectivity index (χ2v) is 6.23. The molecule has 0 atom stereocenters. The minimum absolute atomic E-state index is 0.0130. The summed E-state index contributed by atoms with van der Waals surface area (Å²) in [4.78, 5) is 20.8. The molecule has 0 aliphatic heterocycles. The van der Waals surface area contributed by atoms with Crippen LogP contribution in [0.1, 0.15) is 11.4 Å². The number of hydrogen-bond acceptors (Lipinski definition) is 6. The Morgan fingerprint density at radius 1 is 0.900 bits per heavy atom. The van der Waals surface area contributed by atoms with Crippen LogP contribution in [0.4, 0.5) is 20.6 Å². The van der Waals surface area contributed by atoms with Gasteiger partial charge in [0, 0.05) is 11.8 Å². The Bertz CT molecular complexity index is 1050. The molecule has 3 rings (SSSR count). The number of aromatic nitrogens is 2. The van der Waals surface area contributed by atoms with Gasteiger partial charge in [-0.2, -0.15) is 9.97 Å². The predicted molar refractivity (Wildman–Crippen MR) is 110 cm³/mol. The first-order valence-corrected chi connectivity index (χ1v) is 8.99. The number of nitrogens with one attached hydrogen (secondary N) is 2. The van der Waals surface area contributed by atoms with Gasteiger partial charge in [0.05, 0.1) is 31.3 Å². The van der Waals surface area contributed by atoms with Crippen molar-refractivity contribution in [3.63, 3.8) is 0 Å². The Labute approximate surface area is 173 Å². The summed E-state index contributed by atoms with van der Waals surface area (Å²) >= 11 is 0. The smallest absolute Gasteiger partial charge is 0.323 e. The molecule has 0 unspecified atom stereocenters. The van der Waals surface area contributed by atoms with Crippen LogP contribution in [0.15, 0.2) is 42.5 Å². The summed E-state index contributed by atoms with van der Waals surface area (Å²) in [6.07, 6.45) is 0. The SMILES string of the molecule is COc1ccc(NC(=O)Nc2c(C)nc(Oc3ccccc3F)nc2C)cc1OC. The van der Waals surface area contributed by atoms with Gasteiger partial charge in [0.25, 0.3) is 0 Å². The second-order valence-electron chi connectivity index (χ2n) is 6.23. The molecule has 2 N–H and O–H groups in total. The number of halogens is 1. The molecule has 0 fully saturated rings. The van der Waals surface area contributed by atoms with Gasteiger partial charge >= 0.3 is 12.0 Å². The molecule has 0 bridgehead atoms. The molecule has 1 aromatic heterocycles. The summed E-state index contributed by atoms with van der Waals surface area (Å²) in [6, 6.07) is 10.5. The number of methoxy groups -OCH3 is 2. The number of benzene rings is 2. The van der Waals surface area contributed by atoms with Gasteiger partial charge in [0.1, 0.15) is 0 Å². The lowest BCUT2D eigenvalue weighted by atomic mass is 10.2. The van der Waals surface area contributed by atoms with Crippen LogP contribution in [0.3, 0.4) is 0 Å². The third-order valence-electron chi connectivity index (χ3n) is 4.17. The fourth-order valence-corrected chi connectivity index (χ4v) is 2.73. The topological polar surface area (TPSA) is 94.6 Å². The van der Waals surface area contributed by atoms with E-state index in [2.05, 4.69) is 20.6 Å². The van der Waals surface area contributed by atoms with Gasteiger partial charge in [-0.05, 0) is 38.1 Å². The molecule has 0 radical (unpaired) electrons. The third kappa shape index (κ3) is 4.75. The summed E-state index contributed by atoms with van der Waals surface area (Å²) in [5, 5.41) is 5.43. The Morgan fingerprint density at radius 2 is 1.57 bits per heavy atom. The molecule has 0 aliphatic carbocycles. The van der Waals surface area contributed by atoms with E-state index in [1.165, 1.54) is 26.4 Å². The Hall–Kier alpha value is -3.88. The van der Waals surface area contributed by atoms with Gasteiger partial charge < -0.3 is 24.8 Å². The molecule has 2 amide bonds. The molecular formula is C21H21FN4O4. The fraction of sp³-hybridized carbons (Fsp3) is 0.190. The van der Waals surface area contributed by atoms with Gasteiger partial charge in [-0.1, -0.05) is 12.1 Å². The van der Waals surface area contributed by atoms with Crippen molar-refractivity contribution in [3.05, 3.63) is 59.7 Å². The molecule has 3 aromatic rings. The van der Waals surface area contributed by atoms with E-state index in [0.29, 0.717) is 34.3 Å². The molecule has 30 heavy (non-hydrogen) atoms. The van der Waals surface area contributed by atoms with Gasteiger partial charge in [0.15, 0.2) is 23.1 Å². The zero-order valence-electron chi connectivity index (χ0n) is 16.9. The van der Waals surface area contributed by atoms with E-state index in [4.69, 9.17) is 14.2 Å². The predicted octanol–water partition coefficient (Wildman–Crippen LogP) is 4.69. The average molecular weight is 412 g/mol. The number of aryl methyl sites for hydroxylation is 2. The zero-order chi connectivity index (χ0) is 21.7. The summed E-state index contributed by atoms with van der Waals surface area (Å²) in [5.41, 5.74) is 1.88. The quantitative estimate of drug-likeness (QED) is 0.610. The van der Waals surface area contributed by atoms with Crippen molar-refractivity contribution in [1.82, 2.24) is 9.97 Å². The molecule has 2 aromatic carbocycles. The molecule has 156 valence electrons. The number of carbonyl (C=O) groups excluding carboxylic acids is 1. The Balaban J connectivity index is 1.73. The van der Waals surface area contributed by atoms with Gasteiger partial charge in [-0.25, -0.2) is 9.18 Å². The second kappa shape index (κ2) is 9.08. The van der Waals surface area contributed by atoms with Crippen LogP contribution in [-0.2, 0) is 0 Å². The zero-order valence-corrected chi connectivity index (χ0v) is 16.9. The molecule has 0 spiro atoms. The molecule has 0 aliphatic rings. The molecule has 8 nitrogen and oxygen atoms in total. The molecule has 9 heteroatoms. The van der Waals surface area contributed by atoms with Crippen molar-refractivity contribution < 1.29 is 23.4 Å². The van der Waals surface area contributed by atoms with Crippen LogP contribution in [0.25, 0.3) is 0 Å². The van der Waals surface area contributed by atoms with Gasteiger partial charge in [-0.3, -0.25) is 0 Å². The van der Waals surface area contributed by atoms with Gasteiger partial charge in [0.2, 0.25) is 0 Å². The minimum atomic E-state index is -0.520. The highest BCUT2D eigenvalue weighted by atomic mass is 19.1. The molecular weight excluding hydrogens is 391 g/mol. The number of urea groups is 1. The van der Waals surface area contributed by atoms with Crippen LogP contribution in [0.5, 0.6) is 23.3 Å². The monoisotopic (exact) mass is 412 g/mol. The van der Waals surface area contributed by atoms with Crippen LogP contribution in [-0.4, -0.2) is 30.2 Å². The van der Waals surface area contributed by atoms with Crippen LogP contribution in [0, 0.1) is 19.7 Å². The summed E-state index contributed by atoms with van der Waals surface area (Å²) in [6.45, 7) is 3.38. The number of para-hydroxylation sites is 1. The highest BCUT2D eigenvalue weighted by Crippen LogP contribution is 2.30. The maximum atomic E-state index is 13.8. The van der Waals surface area contributed by atoms with Crippen molar-refractivity contribution in [2.24, 2.45) is 0 Å². The summed E-state index contributed by atoms with van der Waals surface area (Å²) in [5.74, 6) is 0.533. The van der Waals surface area contributed by atoms with E-state index in [0.717, 1.165) is 0 Å². The number of nitrogens with zero attached hydrogens (tertiary/aromatic N) is 2. The van der Waals surface area contributed by atoms with Crippen molar-refractivity contribution in [2.45, 2.75) is 13.8 Å². The van der Waals surface area contributed by atoms with Crippen molar-refractivity contribution in [3.8, 4) is 23.3 Å². The molecule has 0 saturated heterocycles. The van der Waals surface area contributed by atoms with E-state index in [1.54, 1.807) is 44.2 Å². The van der Waals surface area contributed by atoms with Crippen molar-refractivity contribution in [2.75, 3.05) is 24.9 Å². The number of carbonyl (C=O) groups is 1. The standard InChI is InChI=1S/C21H21FN4O4/c1-12-19(13(2)24-21(23-12)30-16-8-6-5-7-15(16)22)26-20(27)25-14-9-10-17(28-3)18(11-14)29-4/h5-11H,1-4H3,(H2,25,26,27). The Kier molecular flexibility index (Phi) is 6.31. The van der Waals surface area contributed by atoms with E-state index in [9.17, 15) is 9.18 Å². The highest BCUT2D eigenvalue weighted by molar-refractivity contribution is 6.00. The van der Waals surface area contributed by atoms with E-state index in [1.807, 2.05) is 0 Å². The van der Waals surface area contributed by atoms with Crippen molar-refractivity contribution in [1.29, 1.82) is 0 Å². The summed E-state index contributed by atoms with van der Waals surface area (Å²) in [7, 11) is 3.04. The fourth-order valence-electron chi connectivity index (χ4n) is 2.73. The number of anilines is 2. The van der Waals surface area contributed by atoms with Crippen LogP contribution in [0.2, 0.25) is 0 Å². The van der Waals surface area contributed by atoms with E-state index in [-0.39, 0.29) is 11.8 Å². The largest absolute Gasteiger partial charge is 0.493 e. The lowest BCUT2D eigenvalue weighted by molar-refractivity contribution is 0.262. The maximum Gasteiger partial charge on any atom is 0.323 e. The lowest BCUT2D eigenvalue weighted by Crippen LogP contribution is -2.21. The number of amides is 2. The molecule has 1 heterocycles. The van der Waals surface area contributed by atoms with Crippen LogP contribution < -0.4 is 24.8 Å². The number of ether oxygens (including phenoxy) is 3. The lowest BCUT2D eigenvalue weighted by Gasteiger charge is -2.14. The highest BCUT2D eigenvalue weighted by Gasteiger charge is 2.15. The third-order valence-corrected chi connectivity index (χ3v) is 4.17. The average Bonchev–Trinajstić information content (AvgIpc) is 2.72. The molecule has 0 saturated carbocycles. The van der Waals surface area contributed by atoms with E-state index >= 15 is 0 Å². The normalized spacial score (nSPS) is 10.3. The first kappa shape index (κ1) is 20.8. The van der Waals surface area contributed by atoms with Crippen molar-refractivity contribution >= 4 is 17.4 Å². The first-order chi connectivity index (χ1) is 14.4. The first-order valence-electron chi connectivity index (χ1n) is 8.99. The van der Waals surface area contributed by atoms with Gasteiger partial charge in [-0.15, -0.1) is 0 Å². The summed E-state index contributed by atoms with van der Waals surface area (Å²) < 4.78 is 29.6. The number of rotatable bonds is 6.